The van der Waals surface area contributed by atoms with E-state index in [1.54, 1.807) is 31.9 Å². The fraction of sp³-hybridized carbons (Fsp3) is 0.471. The number of nitrogens with one attached hydrogen (secondary N) is 1. The Kier molecular flexibility index (Phi) is 4.88. The lowest BCUT2D eigenvalue weighted by Gasteiger charge is -2.21. The van der Waals surface area contributed by atoms with Crippen molar-refractivity contribution in [1.29, 1.82) is 0 Å². The molecule has 1 aliphatic rings. The molecule has 0 aliphatic carbocycles. The maximum absolute atomic E-state index is 12.6. The molecule has 1 fully saturated rings. The summed E-state index contributed by atoms with van der Waals surface area (Å²) >= 11 is 7.63. The van der Waals surface area contributed by atoms with Crippen LogP contribution in [0.5, 0.6) is 0 Å². The largest absolute Gasteiger partial charge is 0.444 e. The molecule has 134 valence electrons. The zero-order chi connectivity index (χ0) is 18.2. The first-order valence-electron chi connectivity index (χ1n) is 8.03. The zero-order valence-corrected chi connectivity index (χ0v) is 15.9. The van der Waals surface area contributed by atoms with Crippen LogP contribution in [0.15, 0.2) is 17.6 Å². The van der Waals surface area contributed by atoms with Crippen molar-refractivity contribution in [2.45, 2.75) is 45.4 Å². The second-order valence-corrected chi connectivity index (χ2v) is 8.22. The van der Waals surface area contributed by atoms with Gasteiger partial charge in [-0.15, -0.1) is 11.3 Å². The highest BCUT2D eigenvalue weighted by atomic mass is 35.5. The van der Waals surface area contributed by atoms with Crippen LogP contribution in [0.1, 0.15) is 32.8 Å². The molecule has 6 nitrogen and oxygen atoms in total. The van der Waals surface area contributed by atoms with E-state index in [1.165, 1.54) is 11.3 Å². The molecule has 1 saturated heterocycles. The van der Waals surface area contributed by atoms with E-state index >= 15 is 0 Å². The van der Waals surface area contributed by atoms with Crippen LogP contribution in [0.25, 0.3) is 10.1 Å². The third-order valence-corrected chi connectivity index (χ3v) is 5.33. The molecule has 3 heterocycles. The number of aromatic nitrogens is 1. The number of amides is 2. The van der Waals surface area contributed by atoms with E-state index in [-0.39, 0.29) is 5.91 Å². The molecule has 1 unspecified atom stereocenters. The number of rotatable bonds is 3. The van der Waals surface area contributed by atoms with E-state index in [0.29, 0.717) is 24.7 Å². The number of halogens is 1. The molecule has 2 aromatic heterocycles. The SMILES string of the molecule is CC(C)(C)OC(=O)NC1CCN(Cc2csc3c(Cl)nccc23)C1=O. The third-order valence-electron chi connectivity index (χ3n) is 3.88. The van der Waals surface area contributed by atoms with Crippen LogP contribution >= 0.6 is 22.9 Å². The van der Waals surface area contributed by atoms with Gasteiger partial charge in [-0.25, -0.2) is 9.78 Å². The Hall–Kier alpha value is -1.86. The van der Waals surface area contributed by atoms with Crippen molar-refractivity contribution in [3.63, 3.8) is 0 Å². The third kappa shape index (κ3) is 4.04. The molecular weight excluding hydrogens is 362 g/mol. The second-order valence-electron chi connectivity index (χ2n) is 6.99. The average Bonchev–Trinajstić information content (AvgIpc) is 3.05. The summed E-state index contributed by atoms with van der Waals surface area (Å²) in [6.07, 6.45) is 1.67. The van der Waals surface area contributed by atoms with Gasteiger partial charge in [0.2, 0.25) is 5.91 Å². The molecule has 25 heavy (non-hydrogen) atoms. The monoisotopic (exact) mass is 381 g/mol. The summed E-state index contributed by atoms with van der Waals surface area (Å²) in [5, 5.41) is 6.15. The van der Waals surface area contributed by atoms with Crippen LogP contribution in [0.3, 0.4) is 0 Å². The van der Waals surface area contributed by atoms with Crippen LogP contribution in [0.2, 0.25) is 5.15 Å². The molecule has 1 atom stereocenters. The number of hydrogen-bond acceptors (Lipinski definition) is 5. The minimum atomic E-state index is -0.589. The molecule has 1 aliphatic heterocycles. The molecule has 1 N–H and O–H groups in total. The van der Waals surface area contributed by atoms with E-state index in [0.717, 1.165) is 15.6 Å². The minimum Gasteiger partial charge on any atom is -0.444 e. The Bertz CT molecular complexity index is 815. The van der Waals surface area contributed by atoms with Gasteiger partial charge in [0.15, 0.2) is 0 Å². The number of ether oxygens (including phenoxy) is 1. The van der Waals surface area contributed by atoms with Crippen molar-refractivity contribution < 1.29 is 14.3 Å². The summed E-state index contributed by atoms with van der Waals surface area (Å²) in [4.78, 5) is 30.3. The highest BCUT2D eigenvalue weighted by molar-refractivity contribution is 7.18. The van der Waals surface area contributed by atoms with Gasteiger partial charge >= 0.3 is 6.09 Å². The van der Waals surface area contributed by atoms with Crippen molar-refractivity contribution in [2.24, 2.45) is 0 Å². The van der Waals surface area contributed by atoms with Crippen LogP contribution in [-0.2, 0) is 16.1 Å². The van der Waals surface area contributed by atoms with Crippen LogP contribution in [0, 0.1) is 0 Å². The Balaban J connectivity index is 1.66. The Labute approximate surface area is 155 Å². The Morgan fingerprint density at radius 3 is 3.00 bits per heavy atom. The smallest absolute Gasteiger partial charge is 0.408 e. The maximum atomic E-state index is 12.6. The van der Waals surface area contributed by atoms with Crippen molar-refractivity contribution in [3.05, 3.63) is 28.4 Å². The van der Waals surface area contributed by atoms with E-state index in [2.05, 4.69) is 10.3 Å². The predicted molar refractivity (Wildman–Crippen MR) is 97.8 cm³/mol. The quantitative estimate of drug-likeness (QED) is 0.825. The summed E-state index contributed by atoms with van der Waals surface area (Å²) in [5.74, 6) is -0.0923. The number of hydrogen-bond donors (Lipinski definition) is 1. The first-order valence-corrected chi connectivity index (χ1v) is 9.29. The molecular formula is C17H20ClN3O3S. The normalized spacial score (nSPS) is 18.0. The fourth-order valence-electron chi connectivity index (χ4n) is 2.79. The van der Waals surface area contributed by atoms with Crippen LogP contribution in [0.4, 0.5) is 4.79 Å². The van der Waals surface area contributed by atoms with Gasteiger partial charge in [-0.1, -0.05) is 11.6 Å². The summed E-state index contributed by atoms with van der Waals surface area (Å²) in [5.41, 5.74) is 0.449. The van der Waals surface area contributed by atoms with Gasteiger partial charge in [0, 0.05) is 24.7 Å². The lowest BCUT2D eigenvalue weighted by molar-refractivity contribution is -0.129. The molecule has 0 radical (unpaired) electrons. The van der Waals surface area contributed by atoms with Gasteiger partial charge in [-0.3, -0.25) is 4.79 Å². The first kappa shape index (κ1) is 17.9. The highest BCUT2D eigenvalue weighted by Crippen LogP contribution is 2.31. The molecule has 0 bridgehead atoms. The van der Waals surface area contributed by atoms with Crippen molar-refractivity contribution in [2.75, 3.05) is 6.54 Å². The van der Waals surface area contributed by atoms with E-state index in [4.69, 9.17) is 16.3 Å². The van der Waals surface area contributed by atoms with Crippen molar-refractivity contribution in [1.82, 2.24) is 15.2 Å². The lowest BCUT2D eigenvalue weighted by atomic mass is 10.2. The van der Waals surface area contributed by atoms with Gasteiger partial charge in [-0.2, -0.15) is 0 Å². The first-order chi connectivity index (χ1) is 11.7. The molecule has 0 spiro atoms. The highest BCUT2D eigenvalue weighted by Gasteiger charge is 2.34. The summed E-state index contributed by atoms with van der Waals surface area (Å²) in [6.45, 7) is 6.45. The summed E-state index contributed by atoms with van der Waals surface area (Å²) < 4.78 is 6.14. The maximum Gasteiger partial charge on any atom is 0.408 e. The minimum absolute atomic E-state index is 0.0923. The summed E-state index contributed by atoms with van der Waals surface area (Å²) in [7, 11) is 0. The molecule has 0 saturated carbocycles. The average molecular weight is 382 g/mol. The fourth-order valence-corrected chi connectivity index (χ4v) is 4.02. The number of nitrogens with zero attached hydrogens (tertiary/aromatic N) is 2. The Morgan fingerprint density at radius 1 is 1.52 bits per heavy atom. The number of thiophene rings is 1. The number of fused-ring (bicyclic) bond motifs is 1. The summed E-state index contributed by atoms with van der Waals surface area (Å²) in [6, 6.07) is 1.37. The van der Waals surface area contributed by atoms with E-state index < -0.39 is 17.7 Å². The van der Waals surface area contributed by atoms with E-state index in [9.17, 15) is 9.59 Å². The lowest BCUT2D eigenvalue weighted by Crippen LogP contribution is -2.43. The van der Waals surface area contributed by atoms with Gasteiger partial charge in [0.1, 0.15) is 16.8 Å². The second kappa shape index (κ2) is 6.80. The number of carbonyl (C=O) groups is 2. The van der Waals surface area contributed by atoms with Gasteiger partial charge in [-0.05, 0) is 44.2 Å². The van der Waals surface area contributed by atoms with Crippen LogP contribution < -0.4 is 5.32 Å². The van der Waals surface area contributed by atoms with Crippen LogP contribution in [-0.4, -0.2) is 40.1 Å². The molecule has 2 aromatic rings. The molecule has 3 rings (SSSR count). The standard InChI is InChI=1S/C17H20ClN3O3S/c1-17(2,3)24-16(23)20-12-5-7-21(15(12)22)8-10-9-25-13-11(10)4-6-19-14(13)18/h4,6,9,12H,5,7-8H2,1-3H3,(H,20,23). The van der Waals surface area contributed by atoms with Gasteiger partial charge in [0.25, 0.3) is 0 Å². The molecule has 8 heteroatoms. The van der Waals surface area contributed by atoms with Crippen molar-refractivity contribution >= 4 is 45.0 Å². The topological polar surface area (TPSA) is 71.5 Å². The predicted octanol–water partition coefficient (Wildman–Crippen LogP) is 3.58. The molecule has 0 aromatic carbocycles. The van der Waals surface area contributed by atoms with Gasteiger partial charge in [0.05, 0.1) is 4.70 Å². The van der Waals surface area contributed by atoms with Crippen molar-refractivity contribution in [3.8, 4) is 0 Å². The number of carbonyl (C=O) groups excluding carboxylic acids is 2. The molecule has 2 amide bonds. The zero-order valence-electron chi connectivity index (χ0n) is 14.3. The Morgan fingerprint density at radius 2 is 2.28 bits per heavy atom. The van der Waals surface area contributed by atoms with E-state index in [1.807, 2.05) is 11.4 Å². The number of alkyl carbamates (subject to hydrolysis) is 1. The number of likely N-dealkylation sites (tertiary alicyclic amines) is 1. The van der Waals surface area contributed by atoms with Gasteiger partial charge < -0.3 is 15.0 Å². The number of pyridine rings is 1.